The van der Waals surface area contributed by atoms with Gasteiger partial charge in [0.2, 0.25) is 5.91 Å². The molecule has 28 heavy (non-hydrogen) atoms. The number of thiocarbonyl (C=S) groups is 1. The lowest BCUT2D eigenvalue weighted by molar-refractivity contribution is -0.130. The Hall–Kier alpha value is -3.09. The number of aliphatic imine (C=N–C) groups is 1. The molecule has 0 unspecified atom stereocenters. The average Bonchev–Trinajstić information content (AvgIpc) is 2.69. The van der Waals surface area contributed by atoms with Gasteiger partial charge in [0.05, 0.1) is 11.4 Å². The highest BCUT2D eigenvalue weighted by Crippen LogP contribution is 2.26. The molecule has 1 heterocycles. The van der Waals surface area contributed by atoms with E-state index in [4.69, 9.17) is 23.8 Å². The summed E-state index contributed by atoms with van der Waals surface area (Å²) in [5, 5.41) is 5.11. The Morgan fingerprint density at radius 3 is 2.50 bits per heavy atom. The molecule has 1 fully saturated rings. The highest BCUT2D eigenvalue weighted by molar-refractivity contribution is 7.80. The number of anilines is 1. The second-order valence-electron chi connectivity index (χ2n) is 6.20. The van der Waals surface area contributed by atoms with Crippen molar-refractivity contribution in [3.63, 3.8) is 0 Å². The zero-order chi connectivity index (χ0) is 19.7. The van der Waals surface area contributed by atoms with Crippen molar-refractivity contribution >= 4 is 69.1 Å². The van der Waals surface area contributed by atoms with Crippen LogP contribution in [0, 0.1) is 5.92 Å². The highest BCUT2D eigenvalue weighted by atomic mass is 35.5. The maximum Gasteiger partial charge on any atom is 0.251 e. The number of carbonyl (C=O) groups excluding carboxylic acids is 2. The minimum Gasteiger partial charge on any atom is -0.301 e. The van der Waals surface area contributed by atoms with Crippen LogP contribution in [0.15, 0.2) is 71.7 Å². The molecule has 0 saturated carbocycles. The Bertz CT molecular complexity index is 1120. The molecule has 0 aliphatic carbocycles. The summed E-state index contributed by atoms with van der Waals surface area (Å²) in [5.74, 6) is -2.04. The van der Waals surface area contributed by atoms with Gasteiger partial charge < -0.3 is 5.32 Å². The zero-order valence-corrected chi connectivity index (χ0v) is 16.1. The minimum atomic E-state index is -1.08. The molecule has 1 atom stereocenters. The van der Waals surface area contributed by atoms with Gasteiger partial charge in [-0.05, 0) is 47.9 Å². The minimum absolute atomic E-state index is 0.0344. The topological polar surface area (TPSA) is 61.8 Å². The van der Waals surface area contributed by atoms with Crippen LogP contribution < -0.4 is 10.2 Å². The van der Waals surface area contributed by atoms with E-state index >= 15 is 0 Å². The lowest BCUT2D eigenvalue weighted by atomic mass is 10.1. The van der Waals surface area contributed by atoms with Gasteiger partial charge in [0.1, 0.15) is 0 Å². The van der Waals surface area contributed by atoms with Crippen LogP contribution in [-0.4, -0.2) is 23.1 Å². The standard InChI is InChI=1S/C21H14ClN3O2S/c22-14-8-10-15(11-9-14)25-20(27)17(19(26)24-21(25)28)12-23-18-7-3-5-13-4-1-2-6-16(13)18/h1-12,17H,(H,24,26,28)/t17-/m1/s1. The number of nitrogens with one attached hydrogen (secondary N) is 1. The Labute approximate surface area is 171 Å². The van der Waals surface area contributed by atoms with Crippen LogP contribution in [0.4, 0.5) is 11.4 Å². The van der Waals surface area contributed by atoms with Gasteiger partial charge in [-0.3, -0.25) is 19.5 Å². The first kappa shape index (κ1) is 18.3. The van der Waals surface area contributed by atoms with E-state index in [-0.39, 0.29) is 5.11 Å². The number of halogens is 1. The van der Waals surface area contributed by atoms with Gasteiger partial charge in [-0.25, -0.2) is 0 Å². The molecule has 1 N–H and O–H groups in total. The summed E-state index contributed by atoms with van der Waals surface area (Å²) < 4.78 is 0. The van der Waals surface area contributed by atoms with Gasteiger partial charge in [-0.1, -0.05) is 48.0 Å². The summed E-state index contributed by atoms with van der Waals surface area (Å²) in [7, 11) is 0. The molecular formula is C21H14ClN3O2S. The van der Waals surface area contributed by atoms with E-state index in [2.05, 4.69) is 10.3 Å². The van der Waals surface area contributed by atoms with E-state index in [9.17, 15) is 9.59 Å². The predicted molar refractivity (Wildman–Crippen MR) is 115 cm³/mol. The van der Waals surface area contributed by atoms with Gasteiger partial charge in [0.25, 0.3) is 5.91 Å². The van der Waals surface area contributed by atoms with Crippen molar-refractivity contribution < 1.29 is 9.59 Å². The average molecular weight is 408 g/mol. The van der Waals surface area contributed by atoms with Gasteiger partial charge in [0, 0.05) is 16.6 Å². The summed E-state index contributed by atoms with van der Waals surface area (Å²) in [4.78, 5) is 31.1. The Balaban J connectivity index is 1.67. The largest absolute Gasteiger partial charge is 0.301 e. The Kier molecular flexibility index (Phi) is 4.90. The van der Waals surface area contributed by atoms with Crippen LogP contribution in [0.1, 0.15) is 0 Å². The number of hydrogen-bond donors (Lipinski definition) is 1. The quantitative estimate of drug-likeness (QED) is 0.401. The number of nitrogens with zero attached hydrogens (tertiary/aromatic N) is 2. The summed E-state index contributed by atoms with van der Waals surface area (Å²) in [6.45, 7) is 0. The first-order valence-electron chi connectivity index (χ1n) is 8.51. The van der Waals surface area contributed by atoms with Crippen LogP contribution in [0.3, 0.4) is 0 Å². The molecule has 1 aliphatic rings. The van der Waals surface area contributed by atoms with E-state index in [1.54, 1.807) is 24.3 Å². The maximum atomic E-state index is 13.0. The monoisotopic (exact) mass is 407 g/mol. The summed E-state index contributed by atoms with van der Waals surface area (Å²) in [6.07, 6.45) is 1.37. The van der Waals surface area contributed by atoms with Crippen molar-refractivity contribution in [1.29, 1.82) is 0 Å². The van der Waals surface area contributed by atoms with Crippen molar-refractivity contribution in [2.24, 2.45) is 10.9 Å². The Morgan fingerprint density at radius 1 is 1.00 bits per heavy atom. The molecule has 0 aromatic heterocycles. The molecule has 3 aromatic rings. The molecule has 0 spiro atoms. The second-order valence-corrected chi connectivity index (χ2v) is 7.02. The predicted octanol–water partition coefficient (Wildman–Crippen LogP) is 4.26. The molecule has 0 radical (unpaired) electrons. The van der Waals surface area contributed by atoms with Crippen LogP contribution in [0.25, 0.3) is 10.8 Å². The van der Waals surface area contributed by atoms with E-state index in [0.717, 1.165) is 10.8 Å². The molecular weight excluding hydrogens is 394 g/mol. The second kappa shape index (κ2) is 7.50. The van der Waals surface area contributed by atoms with Crippen molar-refractivity contribution in [3.05, 3.63) is 71.8 Å². The number of benzene rings is 3. The molecule has 4 rings (SSSR count). The number of fused-ring (bicyclic) bond motifs is 1. The van der Waals surface area contributed by atoms with Crippen LogP contribution in [0.5, 0.6) is 0 Å². The number of hydrogen-bond acceptors (Lipinski definition) is 4. The van der Waals surface area contributed by atoms with E-state index < -0.39 is 17.7 Å². The van der Waals surface area contributed by atoms with Crippen molar-refractivity contribution in [1.82, 2.24) is 5.32 Å². The van der Waals surface area contributed by atoms with E-state index in [1.807, 2.05) is 42.5 Å². The molecule has 0 bridgehead atoms. The number of amides is 2. The van der Waals surface area contributed by atoms with Crippen LogP contribution >= 0.6 is 23.8 Å². The number of carbonyl (C=O) groups is 2. The van der Waals surface area contributed by atoms with Gasteiger partial charge in [0.15, 0.2) is 11.0 Å². The first-order chi connectivity index (χ1) is 13.5. The third-order valence-corrected chi connectivity index (χ3v) is 4.95. The number of rotatable bonds is 3. The zero-order valence-electron chi connectivity index (χ0n) is 14.5. The van der Waals surface area contributed by atoms with E-state index in [0.29, 0.717) is 16.4 Å². The molecule has 5 nitrogen and oxygen atoms in total. The molecule has 3 aromatic carbocycles. The third kappa shape index (κ3) is 3.40. The van der Waals surface area contributed by atoms with Crippen molar-refractivity contribution in [3.8, 4) is 0 Å². The lowest BCUT2D eigenvalue weighted by Crippen LogP contribution is -2.58. The molecule has 1 saturated heterocycles. The fourth-order valence-corrected chi connectivity index (χ4v) is 3.45. The highest BCUT2D eigenvalue weighted by Gasteiger charge is 2.38. The van der Waals surface area contributed by atoms with E-state index in [1.165, 1.54) is 11.1 Å². The summed E-state index contributed by atoms with van der Waals surface area (Å²) in [6, 6.07) is 20.1. The molecule has 2 amide bonds. The van der Waals surface area contributed by atoms with Crippen LogP contribution in [-0.2, 0) is 9.59 Å². The van der Waals surface area contributed by atoms with Gasteiger partial charge in [-0.2, -0.15) is 0 Å². The van der Waals surface area contributed by atoms with Crippen molar-refractivity contribution in [2.75, 3.05) is 4.90 Å². The maximum absolute atomic E-state index is 13.0. The molecule has 1 aliphatic heterocycles. The third-order valence-electron chi connectivity index (χ3n) is 4.42. The fourth-order valence-electron chi connectivity index (χ4n) is 3.03. The van der Waals surface area contributed by atoms with Gasteiger partial charge >= 0.3 is 0 Å². The first-order valence-corrected chi connectivity index (χ1v) is 9.29. The smallest absolute Gasteiger partial charge is 0.251 e. The van der Waals surface area contributed by atoms with Gasteiger partial charge in [-0.15, -0.1) is 0 Å². The summed E-state index contributed by atoms with van der Waals surface area (Å²) in [5.41, 5.74) is 1.22. The normalized spacial score (nSPS) is 17.4. The SMILES string of the molecule is O=C1NC(=S)N(c2ccc(Cl)cc2)C(=O)[C@@H]1C=Nc1cccc2ccccc12. The summed E-state index contributed by atoms with van der Waals surface area (Å²) >= 11 is 11.1. The van der Waals surface area contributed by atoms with Crippen LogP contribution in [0.2, 0.25) is 5.02 Å². The molecule has 138 valence electrons. The Morgan fingerprint density at radius 2 is 1.71 bits per heavy atom. The molecule has 7 heteroatoms. The van der Waals surface area contributed by atoms with Crippen molar-refractivity contribution in [2.45, 2.75) is 0 Å². The fraction of sp³-hybridized carbons (Fsp3) is 0.0476. The lowest BCUT2D eigenvalue weighted by Gasteiger charge is -2.30.